The van der Waals surface area contributed by atoms with Crippen LogP contribution in [0.2, 0.25) is 0 Å². The summed E-state index contributed by atoms with van der Waals surface area (Å²) in [5.41, 5.74) is 5.41. The number of halogens is 2. The maximum atomic E-state index is 13.0. The van der Waals surface area contributed by atoms with Gasteiger partial charge in [-0.2, -0.15) is 0 Å². The third-order valence-electron chi connectivity index (χ3n) is 7.90. The summed E-state index contributed by atoms with van der Waals surface area (Å²) in [4.78, 5) is 3.30. The van der Waals surface area contributed by atoms with Crippen LogP contribution < -0.4 is 4.90 Å². The van der Waals surface area contributed by atoms with Crippen molar-refractivity contribution in [3.8, 4) is 10.4 Å². The zero-order valence-corrected chi connectivity index (χ0v) is 27.6. The maximum absolute atomic E-state index is 13.0. The van der Waals surface area contributed by atoms with Gasteiger partial charge in [-0.1, -0.05) is 123 Å². The number of para-hydroxylation sites is 2. The molecule has 214 valence electrons. The second-order valence-corrected chi connectivity index (χ2v) is 13.5. The largest absolute Gasteiger partial charge is 0.376 e. The molecule has 0 bridgehead atoms. The molecule has 1 aromatic heterocycles. The Bertz CT molecular complexity index is 1940. The van der Waals surface area contributed by atoms with Crippen LogP contribution >= 0.6 is 43.2 Å². The Morgan fingerprint density at radius 1 is 0.500 bits per heavy atom. The highest BCUT2D eigenvalue weighted by Gasteiger charge is 2.39. The fourth-order valence-corrected chi connectivity index (χ4v) is 7.60. The molecule has 1 N–H and O–H groups in total. The molecule has 0 aliphatic heterocycles. The number of aliphatic hydroxyl groups is 1. The van der Waals surface area contributed by atoms with Gasteiger partial charge in [0.2, 0.25) is 0 Å². The van der Waals surface area contributed by atoms with Gasteiger partial charge >= 0.3 is 0 Å². The van der Waals surface area contributed by atoms with Crippen molar-refractivity contribution in [2.75, 3.05) is 4.90 Å². The van der Waals surface area contributed by atoms with Gasteiger partial charge in [0.1, 0.15) is 5.60 Å². The van der Waals surface area contributed by atoms with E-state index in [0.717, 1.165) is 63.2 Å². The van der Waals surface area contributed by atoms with E-state index in [1.807, 2.05) is 66.7 Å². The van der Waals surface area contributed by atoms with E-state index in [1.54, 1.807) is 11.3 Å². The van der Waals surface area contributed by atoms with E-state index in [1.165, 1.54) is 0 Å². The van der Waals surface area contributed by atoms with E-state index in [-0.39, 0.29) is 0 Å². The Kier molecular flexibility index (Phi) is 7.96. The lowest BCUT2D eigenvalue weighted by atomic mass is 9.78. The summed E-state index contributed by atoms with van der Waals surface area (Å²) >= 11 is 8.87. The van der Waals surface area contributed by atoms with Gasteiger partial charge in [0.15, 0.2) is 0 Å². The van der Waals surface area contributed by atoms with Gasteiger partial charge in [-0.15, -0.1) is 11.3 Å². The molecule has 0 aliphatic carbocycles. The first kappa shape index (κ1) is 28.8. The zero-order chi connectivity index (χ0) is 30.1. The molecule has 0 atom stereocenters. The van der Waals surface area contributed by atoms with Crippen LogP contribution in [0, 0.1) is 0 Å². The van der Waals surface area contributed by atoms with Crippen LogP contribution in [0.3, 0.4) is 0 Å². The summed E-state index contributed by atoms with van der Waals surface area (Å²) in [5, 5.41) is 14.1. The van der Waals surface area contributed by atoms with Gasteiger partial charge in [-0.25, -0.2) is 0 Å². The van der Waals surface area contributed by atoms with Gasteiger partial charge in [-0.05, 0) is 88.8 Å². The highest BCUT2D eigenvalue weighted by Crippen LogP contribution is 2.50. The molecule has 1 heterocycles. The number of nitrogens with zero attached hydrogens (tertiary/aromatic N) is 1. The Morgan fingerprint density at radius 2 is 0.955 bits per heavy atom. The summed E-state index contributed by atoms with van der Waals surface area (Å²) in [5.74, 6) is 0. The number of rotatable bonds is 7. The Hall–Kier alpha value is -4.00. The van der Waals surface area contributed by atoms with Gasteiger partial charge in [0.05, 0.1) is 0 Å². The van der Waals surface area contributed by atoms with Crippen LogP contribution in [0.1, 0.15) is 16.7 Å². The highest BCUT2D eigenvalue weighted by atomic mass is 79.9. The van der Waals surface area contributed by atoms with Crippen LogP contribution in [0.25, 0.3) is 20.5 Å². The Balaban J connectivity index is 1.42. The van der Waals surface area contributed by atoms with Crippen molar-refractivity contribution in [3.05, 3.63) is 183 Å². The van der Waals surface area contributed by atoms with E-state index >= 15 is 0 Å². The predicted molar refractivity (Wildman–Crippen MR) is 192 cm³/mol. The molecule has 0 unspecified atom stereocenters. The molecule has 2 nitrogen and oxygen atoms in total. The number of benzene rings is 6. The lowest BCUT2D eigenvalue weighted by Gasteiger charge is -2.31. The van der Waals surface area contributed by atoms with Crippen molar-refractivity contribution in [2.24, 2.45) is 0 Å². The van der Waals surface area contributed by atoms with Gasteiger partial charge in [-0.3, -0.25) is 0 Å². The van der Waals surface area contributed by atoms with Crippen molar-refractivity contribution in [2.45, 2.75) is 5.60 Å². The van der Waals surface area contributed by atoms with Gasteiger partial charge in [0.25, 0.3) is 0 Å². The van der Waals surface area contributed by atoms with Crippen molar-refractivity contribution < 1.29 is 5.11 Å². The van der Waals surface area contributed by atoms with Crippen LogP contribution in [-0.2, 0) is 5.60 Å². The fourth-order valence-electron chi connectivity index (χ4n) is 5.81. The molecule has 6 aromatic carbocycles. The smallest absolute Gasteiger partial charge is 0.142 e. The molecule has 0 spiro atoms. The van der Waals surface area contributed by atoms with Crippen LogP contribution in [0.5, 0.6) is 0 Å². The lowest BCUT2D eigenvalue weighted by molar-refractivity contribution is 0.128. The lowest BCUT2D eigenvalue weighted by Crippen LogP contribution is -2.29. The molecule has 0 amide bonds. The third-order valence-corrected chi connectivity index (χ3v) is 10.2. The predicted octanol–water partition coefficient (Wildman–Crippen LogP) is 11.8. The number of anilines is 3. The number of hydrogen-bond acceptors (Lipinski definition) is 3. The second kappa shape index (κ2) is 12.2. The van der Waals surface area contributed by atoms with Crippen molar-refractivity contribution in [1.29, 1.82) is 0 Å². The summed E-state index contributed by atoms with van der Waals surface area (Å²) in [7, 11) is 0. The first-order valence-electron chi connectivity index (χ1n) is 14.3. The molecule has 7 rings (SSSR count). The summed E-state index contributed by atoms with van der Waals surface area (Å²) in [6.07, 6.45) is 0. The van der Waals surface area contributed by atoms with Crippen LogP contribution in [0.4, 0.5) is 17.1 Å². The molecule has 0 saturated carbocycles. The molecule has 7 aromatic rings. The van der Waals surface area contributed by atoms with E-state index in [4.69, 9.17) is 0 Å². The second-order valence-electron chi connectivity index (χ2n) is 10.6. The van der Waals surface area contributed by atoms with Crippen LogP contribution in [-0.4, -0.2) is 5.11 Å². The number of hydrogen-bond donors (Lipinski definition) is 1. The minimum Gasteiger partial charge on any atom is -0.376 e. The first-order chi connectivity index (χ1) is 21.5. The topological polar surface area (TPSA) is 23.5 Å². The maximum Gasteiger partial charge on any atom is 0.142 e. The number of thiophene rings is 1. The van der Waals surface area contributed by atoms with E-state index in [0.29, 0.717) is 0 Å². The third kappa shape index (κ3) is 5.31. The van der Waals surface area contributed by atoms with Gasteiger partial charge < -0.3 is 10.0 Å². The fraction of sp³-hybridized carbons (Fsp3) is 0.0256. The standard InChI is InChI=1S/C39H27Br2NOS/c40-30-21-17-28(18-22-30)39(43,29-19-23-31(41)24-20-29)37-35-13-7-8-14-36(35)44-38(37)27-15-25-34(26-16-27)42(32-9-3-1-4-10-32)33-11-5-2-6-12-33/h1-26,43H. The minimum absolute atomic E-state index is 0.809. The average molecular weight is 718 g/mol. The summed E-state index contributed by atoms with van der Waals surface area (Å²) < 4.78 is 3.06. The Morgan fingerprint density at radius 3 is 1.48 bits per heavy atom. The molecule has 44 heavy (non-hydrogen) atoms. The van der Waals surface area contributed by atoms with Gasteiger partial charge in [0, 0.05) is 41.1 Å². The molecule has 0 saturated heterocycles. The number of fused-ring (bicyclic) bond motifs is 1. The quantitative estimate of drug-likeness (QED) is 0.177. The summed E-state index contributed by atoms with van der Waals surface area (Å²) in [6.45, 7) is 0. The molecule has 5 heteroatoms. The van der Waals surface area contributed by atoms with Crippen molar-refractivity contribution in [3.63, 3.8) is 0 Å². The first-order valence-corrected chi connectivity index (χ1v) is 16.7. The van der Waals surface area contributed by atoms with Crippen molar-refractivity contribution in [1.82, 2.24) is 0 Å². The molecular formula is C39H27Br2NOS. The minimum atomic E-state index is -1.39. The van der Waals surface area contributed by atoms with E-state index < -0.39 is 5.60 Å². The van der Waals surface area contributed by atoms with Crippen molar-refractivity contribution >= 4 is 70.3 Å². The van der Waals surface area contributed by atoms with E-state index in [9.17, 15) is 5.11 Å². The normalized spacial score (nSPS) is 11.5. The van der Waals surface area contributed by atoms with E-state index in [2.05, 4.69) is 128 Å². The molecule has 0 fully saturated rings. The summed E-state index contributed by atoms with van der Waals surface area (Å²) in [6, 6.07) is 53.9. The van der Waals surface area contributed by atoms with Crippen LogP contribution in [0.15, 0.2) is 167 Å². The highest BCUT2D eigenvalue weighted by molar-refractivity contribution is 9.10. The molecule has 0 radical (unpaired) electrons. The SMILES string of the molecule is OC(c1ccc(Br)cc1)(c1ccc(Br)cc1)c1c(-c2ccc(N(c3ccccc3)c3ccccc3)cc2)sc2ccccc12. The monoisotopic (exact) mass is 715 g/mol. The Labute approximate surface area is 278 Å². The molecule has 0 aliphatic rings. The average Bonchev–Trinajstić information content (AvgIpc) is 3.47. The zero-order valence-electron chi connectivity index (χ0n) is 23.6. The molecular weight excluding hydrogens is 690 g/mol.